The first-order valence-corrected chi connectivity index (χ1v) is 7.67. The van der Waals surface area contributed by atoms with E-state index in [-0.39, 0.29) is 17.7 Å². The number of hydrogen-bond donors (Lipinski definition) is 1. The third kappa shape index (κ3) is 2.11. The van der Waals surface area contributed by atoms with E-state index in [4.69, 9.17) is 0 Å². The number of nitrogens with one attached hydrogen (secondary N) is 1. The van der Waals surface area contributed by atoms with Crippen molar-refractivity contribution in [3.05, 3.63) is 0 Å². The molecule has 1 aliphatic carbocycles. The molecule has 1 atom stereocenters. The van der Waals surface area contributed by atoms with E-state index in [0.29, 0.717) is 25.8 Å². The normalized spacial score (nSPS) is 29.5. The van der Waals surface area contributed by atoms with Crippen molar-refractivity contribution in [3.63, 3.8) is 0 Å². The second-order valence-corrected chi connectivity index (χ2v) is 6.17. The van der Waals surface area contributed by atoms with E-state index < -0.39 is 17.8 Å². The fourth-order valence-corrected chi connectivity index (χ4v) is 3.43. The Balaban J connectivity index is 2.35. The zero-order valence-electron chi connectivity index (χ0n) is 12.7. The predicted octanol–water partition coefficient (Wildman–Crippen LogP) is 2.03. The maximum Gasteiger partial charge on any atom is 0.249 e. The van der Waals surface area contributed by atoms with Gasteiger partial charge in [-0.05, 0) is 44.9 Å². The van der Waals surface area contributed by atoms with Crippen molar-refractivity contribution in [1.82, 2.24) is 10.2 Å². The molecule has 5 heteroatoms. The average molecular weight is 284 g/mol. The Morgan fingerprint density at radius 3 is 2.35 bits per heavy atom. The van der Waals surface area contributed by atoms with Gasteiger partial charge in [-0.3, -0.25) is 14.0 Å². The van der Waals surface area contributed by atoms with Gasteiger partial charge in [-0.15, -0.1) is 0 Å². The number of nitrogens with zero attached hydrogens (tertiary/aromatic N) is 1. The molecule has 2 rings (SSSR count). The molecule has 2 aliphatic rings. The lowest BCUT2D eigenvalue weighted by atomic mass is 9.80. The van der Waals surface area contributed by atoms with Gasteiger partial charge in [-0.2, -0.15) is 0 Å². The highest BCUT2D eigenvalue weighted by Crippen LogP contribution is 2.44. The third-order valence-electron chi connectivity index (χ3n) is 5.08. The quantitative estimate of drug-likeness (QED) is 0.811. The first-order valence-electron chi connectivity index (χ1n) is 7.67. The molecule has 0 aromatic heterocycles. The standard InChI is InChI=1S/C15H25FN2O2/c1-4-15(5-2)12(19)17-14(3,11-7-8-11)13(20)18(15)10-6-9-16/h11H,4-10H2,1-3H3,(H,17,19). The minimum atomic E-state index is -0.805. The summed E-state index contributed by atoms with van der Waals surface area (Å²) < 4.78 is 12.6. The molecule has 1 N–H and O–H groups in total. The summed E-state index contributed by atoms with van der Waals surface area (Å²) in [4.78, 5) is 27.2. The monoisotopic (exact) mass is 284 g/mol. The molecule has 0 aromatic rings. The van der Waals surface area contributed by atoms with E-state index in [1.807, 2.05) is 20.8 Å². The molecule has 1 heterocycles. The van der Waals surface area contributed by atoms with Crippen molar-refractivity contribution in [2.24, 2.45) is 5.92 Å². The van der Waals surface area contributed by atoms with Gasteiger partial charge in [0, 0.05) is 6.54 Å². The van der Waals surface area contributed by atoms with Gasteiger partial charge in [0.25, 0.3) is 0 Å². The van der Waals surface area contributed by atoms with Crippen LogP contribution in [0.25, 0.3) is 0 Å². The number of piperazine rings is 1. The van der Waals surface area contributed by atoms with Crippen LogP contribution in [0.15, 0.2) is 0 Å². The average Bonchev–Trinajstić information content (AvgIpc) is 3.26. The maximum absolute atomic E-state index is 12.9. The van der Waals surface area contributed by atoms with Gasteiger partial charge in [-0.1, -0.05) is 13.8 Å². The lowest BCUT2D eigenvalue weighted by molar-refractivity contribution is -0.164. The second-order valence-electron chi connectivity index (χ2n) is 6.17. The number of alkyl halides is 1. The van der Waals surface area contributed by atoms with Gasteiger partial charge in [0.1, 0.15) is 11.1 Å². The Hall–Kier alpha value is -1.13. The van der Waals surface area contributed by atoms with Gasteiger partial charge >= 0.3 is 0 Å². The summed E-state index contributed by atoms with van der Waals surface area (Å²) in [6, 6.07) is 0. The van der Waals surface area contributed by atoms with Crippen LogP contribution >= 0.6 is 0 Å². The summed E-state index contributed by atoms with van der Waals surface area (Å²) in [5.74, 6) is 0.130. The number of carbonyl (C=O) groups is 2. The highest BCUT2D eigenvalue weighted by atomic mass is 19.1. The Morgan fingerprint density at radius 2 is 1.90 bits per heavy atom. The fraction of sp³-hybridized carbons (Fsp3) is 0.867. The van der Waals surface area contributed by atoms with E-state index in [1.54, 1.807) is 4.90 Å². The van der Waals surface area contributed by atoms with Crippen LogP contribution in [0.1, 0.15) is 52.9 Å². The van der Waals surface area contributed by atoms with Crippen molar-refractivity contribution in [1.29, 1.82) is 0 Å². The SMILES string of the molecule is CCC1(CC)C(=O)NC(C)(C2CC2)C(=O)N1CCCF. The minimum Gasteiger partial charge on any atom is -0.340 e. The number of halogens is 1. The first-order chi connectivity index (χ1) is 9.46. The highest BCUT2D eigenvalue weighted by Gasteiger charge is 2.59. The first kappa shape index (κ1) is 15.3. The van der Waals surface area contributed by atoms with Gasteiger partial charge < -0.3 is 10.2 Å². The molecule has 0 bridgehead atoms. The van der Waals surface area contributed by atoms with E-state index in [9.17, 15) is 14.0 Å². The van der Waals surface area contributed by atoms with Crippen LogP contribution in [-0.4, -0.2) is 41.0 Å². The van der Waals surface area contributed by atoms with Crippen molar-refractivity contribution in [3.8, 4) is 0 Å². The fourth-order valence-electron chi connectivity index (χ4n) is 3.43. The zero-order chi connectivity index (χ0) is 15.0. The molecule has 114 valence electrons. The smallest absolute Gasteiger partial charge is 0.249 e. The van der Waals surface area contributed by atoms with Crippen molar-refractivity contribution in [2.45, 2.75) is 64.0 Å². The highest BCUT2D eigenvalue weighted by molar-refractivity contribution is 6.02. The van der Waals surface area contributed by atoms with Crippen LogP contribution in [0.5, 0.6) is 0 Å². The summed E-state index contributed by atoms with van der Waals surface area (Å²) >= 11 is 0. The molecule has 2 fully saturated rings. The van der Waals surface area contributed by atoms with Crippen LogP contribution in [-0.2, 0) is 9.59 Å². The van der Waals surface area contributed by atoms with Crippen molar-refractivity contribution in [2.75, 3.05) is 13.2 Å². The van der Waals surface area contributed by atoms with Crippen LogP contribution in [0.4, 0.5) is 4.39 Å². The Kier molecular flexibility index (Phi) is 4.07. The van der Waals surface area contributed by atoms with Crippen LogP contribution in [0.3, 0.4) is 0 Å². The van der Waals surface area contributed by atoms with Crippen molar-refractivity contribution < 1.29 is 14.0 Å². The number of hydrogen-bond acceptors (Lipinski definition) is 2. The Morgan fingerprint density at radius 1 is 1.30 bits per heavy atom. The molecule has 1 saturated carbocycles. The largest absolute Gasteiger partial charge is 0.340 e. The van der Waals surface area contributed by atoms with Crippen molar-refractivity contribution >= 4 is 11.8 Å². The van der Waals surface area contributed by atoms with E-state index in [2.05, 4.69) is 5.32 Å². The molecule has 20 heavy (non-hydrogen) atoms. The number of rotatable bonds is 6. The molecule has 0 aromatic carbocycles. The molecule has 1 aliphatic heterocycles. The van der Waals surface area contributed by atoms with Gasteiger partial charge in [0.05, 0.1) is 6.67 Å². The number of amides is 2. The van der Waals surface area contributed by atoms with Crippen LogP contribution in [0.2, 0.25) is 0 Å². The summed E-state index contributed by atoms with van der Waals surface area (Å²) in [7, 11) is 0. The van der Waals surface area contributed by atoms with E-state index >= 15 is 0 Å². The molecular formula is C15H25FN2O2. The molecule has 4 nitrogen and oxygen atoms in total. The summed E-state index contributed by atoms with van der Waals surface area (Å²) in [6.45, 7) is 5.52. The minimum absolute atomic E-state index is 0.0308. The summed E-state index contributed by atoms with van der Waals surface area (Å²) in [5, 5.41) is 2.98. The topological polar surface area (TPSA) is 49.4 Å². The Bertz CT molecular complexity index is 405. The van der Waals surface area contributed by atoms with E-state index in [1.165, 1.54) is 0 Å². The zero-order valence-corrected chi connectivity index (χ0v) is 12.7. The second kappa shape index (κ2) is 5.34. The maximum atomic E-state index is 12.9. The van der Waals surface area contributed by atoms with Gasteiger partial charge in [-0.25, -0.2) is 0 Å². The molecule has 1 unspecified atom stereocenters. The lowest BCUT2D eigenvalue weighted by Crippen LogP contribution is -2.75. The molecule has 1 saturated heterocycles. The predicted molar refractivity (Wildman–Crippen MR) is 74.9 cm³/mol. The molecular weight excluding hydrogens is 259 g/mol. The summed E-state index contributed by atoms with van der Waals surface area (Å²) in [5.41, 5.74) is -1.60. The number of carbonyl (C=O) groups excluding carboxylic acids is 2. The van der Waals surface area contributed by atoms with Gasteiger partial charge in [0.2, 0.25) is 11.8 Å². The van der Waals surface area contributed by atoms with Crippen LogP contribution in [0, 0.1) is 5.92 Å². The lowest BCUT2D eigenvalue weighted by Gasteiger charge is -2.51. The van der Waals surface area contributed by atoms with Gasteiger partial charge in [0.15, 0.2) is 0 Å². The summed E-state index contributed by atoms with van der Waals surface area (Å²) in [6.07, 6.45) is 3.37. The molecule has 2 amide bonds. The van der Waals surface area contributed by atoms with Crippen LogP contribution < -0.4 is 5.32 Å². The molecule has 0 radical (unpaired) electrons. The molecule has 0 spiro atoms. The van der Waals surface area contributed by atoms with E-state index in [0.717, 1.165) is 12.8 Å². The Labute approximate surface area is 120 Å². The third-order valence-corrected chi connectivity index (χ3v) is 5.08.